The lowest BCUT2D eigenvalue weighted by molar-refractivity contribution is 0.175. The number of hydrogen-bond acceptors (Lipinski definition) is 4. The van der Waals surface area contributed by atoms with Crippen molar-refractivity contribution in [3.05, 3.63) is 23.5 Å². The molecule has 1 aromatic rings. The molecule has 114 valence electrons. The second kappa shape index (κ2) is 8.45. The molecule has 0 atom stereocenters. The number of piperidine rings is 1. The topological polar surface area (TPSA) is 37.4 Å². The van der Waals surface area contributed by atoms with Gasteiger partial charge in [0.1, 0.15) is 5.75 Å². The monoisotopic (exact) mass is 299 g/mol. The molecule has 0 unspecified atom stereocenters. The van der Waals surface area contributed by atoms with Crippen molar-refractivity contribution in [2.24, 2.45) is 5.92 Å². The van der Waals surface area contributed by atoms with E-state index in [1.165, 1.54) is 25.9 Å². The second-order valence-electron chi connectivity index (χ2n) is 5.42. The molecule has 1 aliphatic rings. The summed E-state index contributed by atoms with van der Waals surface area (Å²) < 4.78 is 5.31. The van der Waals surface area contributed by atoms with Crippen molar-refractivity contribution in [1.29, 1.82) is 0 Å². The molecule has 4 nitrogen and oxygen atoms in total. The van der Waals surface area contributed by atoms with Gasteiger partial charge < -0.3 is 10.1 Å². The van der Waals surface area contributed by atoms with Crippen molar-refractivity contribution in [1.82, 2.24) is 15.2 Å². The van der Waals surface area contributed by atoms with E-state index in [4.69, 9.17) is 4.74 Å². The zero-order chi connectivity index (χ0) is 13.7. The van der Waals surface area contributed by atoms with Crippen LogP contribution in [0.4, 0.5) is 0 Å². The third kappa shape index (κ3) is 4.93. The summed E-state index contributed by atoms with van der Waals surface area (Å²) in [4.78, 5) is 7.09. The van der Waals surface area contributed by atoms with Crippen molar-refractivity contribution in [3.63, 3.8) is 0 Å². The molecule has 20 heavy (non-hydrogen) atoms. The number of halogens is 1. The minimum absolute atomic E-state index is 0. The quantitative estimate of drug-likeness (QED) is 0.905. The van der Waals surface area contributed by atoms with Crippen LogP contribution in [0.5, 0.6) is 5.75 Å². The van der Waals surface area contributed by atoms with E-state index >= 15 is 0 Å². The van der Waals surface area contributed by atoms with Gasteiger partial charge in [0.2, 0.25) is 0 Å². The molecule has 0 radical (unpaired) electrons. The minimum atomic E-state index is 0. The van der Waals surface area contributed by atoms with E-state index < -0.39 is 0 Å². The first-order valence-electron chi connectivity index (χ1n) is 7.09. The Bertz CT molecular complexity index is 406. The lowest BCUT2D eigenvalue weighted by Gasteiger charge is -2.31. The Kier molecular flexibility index (Phi) is 7.27. The van der Waals surface area contributed by atoms with Crippen LogP contribution in [-0.2, 0) is 6.54 Å². The number of hydrogen-bond donors (Lipinski definition) is 1. The van der Waals surface area contributed by atoms with Crippen molar-refractivity contribution in [3.8, 4) is 5.75 Å². The van der Waals surface area contributed by atoms with Crippen LogP contribution in [0.15, 0.2) is 12.1 Å². The van der Waals surface area contributed by atoms with Crippen LogP contribution in [0.25, 0.3) is 0 Å². The summed E-state index contributed by atoms with van der Waals surface area (Å²) in [5.74, 6) is 1.74. The van der Waals surface area contributed by atoms with Gasteiger partial charge in [0, 0.05) is 24.4 Å². The number of nitrogens with one attached hydrogen (secondary N) is 1. The van der Waals surface area contributed by atoms with Gasteiger partial charge >= 0.3 is 0 Å². The summed E-state index contributed by atoms with van der Waals surface area (Å²) in [7, 11) is 3.75. The summed E-state index contributed by atoms with van der Waals surface area (Å²) in [6, 6.07) is 4.02. The molecule has 0 bridgehead atoms. The fourth-order valence-electron chi connectivity index (χ4n) is 2.77. The van der Waals surface area contributed by atoms with Gasteiger partial charge in [-0.05, 0) is 52.4 Å². The SMILES string of the molecule is CNCC1CCN(Cc2cc(OC)cc(C)n2)CC1.Cl. The van der Waals surface area contributed by atoms with Crippen molar-refractivity contribution in [2.75, 3.05) is 33.8 Å². The largest absolute Gasteiger partial charge is 0.497 e. The molecule has 1 N–H and O–H groups in total. The molecule has 0 aliphatic carbocycles. The van der Waals surface area contributed by atoms with Crippen LogP contribution >= 0.6 is 12.4 Å². The number of methoxy groups -OCH3 is 1. The first-order chi connectivity index (χ1) is 9.21. The molecule has 0 aromatic carbocycles. The van der Waals surface area contributed by atoms with Crippen molar-refractivity contribution < 1.29 is 4.74 Å². The third-order valence-corrected chi connectivity index (χ3v) is 3.80. The number of pyridine rings is 1. The number of nitrogens with zero attached hydrogens (tertiary/aromatic N) is 2. The average Bonchev–Trinajstić information content (AvgIpc) is 2.40. The first-order valence-corrected chi connectivity index (χ1v) is 7.09. The summed E-state index contributed by atoms with van der Waals surface area (Å²) in [5, 5.41) is 3.28. The highest BCUT2D eigenvalue weighted by Crippen LogP contribution is 2.20. The summed E-state index contributed by atoms with van der Waals surface area (Å²) in [5.41, 5.74) is 2.14. The second-order valence-corrected chi connectivity index (χ2v) is 5.42. The number of likely N-dealkylation sites (tertiary alicyclic amines) is 1. The van der Waals surface area contributed by atoms with Crippen LogP contribution in [0.2, 0.25) is 0 Å². The molecule has 0 spiro atoms. The molecule has 0 saturated carbocycles. The summed E-state index contributed by atoms with van der Waals surface area (Å²) in [6.07, 6.45) is 2.56. The van der Waals surface area contributed by atoms with Crippen LogP contribution in [0.1, 0.15) is 24.2 Å². The maximum absolute atomic E-state index is 5.31. The van der Waals surface area contributed by atoms with E-state index in [-0.39, 0.29) is 12.4 Å². The minimum Gasteiger partial charge on any atom is -0.497 e. The van der Waals surface area contributed by atoms with Crippen LogP contribution in [0.3, 0.4) is 0 Å². The number of ether oxygens (including phenoxy) is 1. The molecule has 1 saturated heterocycles. The number of aromatic nitrogens is 1. The van der Waals surface area contributed by atoms with Gasteiger partial charge in [0.05, 0.1) is 12.8 Å². The molecular weight excluding hydrogens is 274 g/mol. The fourth-order valence-corrected chi connectivity index (χ4v) is 2.77. The maximum Gasteiger partial charge on any atom is 0.122 e. The van der Waals surface area contributed by atoms with Crippen molar-refractivity contribution >= 4 is 12.4 Å². The highest BCUT2D eigenvalue weighted by atomic mass is 35.5. The maximum atomic E-state index is 5.31. The van der Waals surface area contributed by atoms with Gasteiger partial charge in [-0.1, -0.05) is 0 Å². The molecule has 1 aromatic heterocycles. The lowest BCUT2D eigenvalue weighted by Crippen LogP contribution is -2.36. The van der Waals surface area contributed by atoms with Gasteiger partial charge in [0.15, 0.2) is 0 Å². The first kappa shape index (κ1) is 17.2. The normalized spacial score (nSPS) is 16.8. The zero-order valence-corrected chi connectivity index (χ0v) is 13.5. The molecule has 2 rings (SSSR count). The molecule has 2 heterocycles. The number of aryl methyl sites for hydroxylation is 1. The van der Waals surface area contributed by atoms with Crippen LogP contribution in [0, 0.1) is 12.8 Å². The Morgan fingerprint density at radius 1 is 1.35 bits per heavy atom. The molecule has 1 aliphatic heterocycles. The molecular formula is C15H26ClN3O. The van der Waals surface area contributed by atoms with Crippen LogP contribution < -0.4 is 10.1 Å². The van der Waals surface area contributed by atoms with Gasteiger partial charge in [-0.15, -0.1) is 12.4 Å². The highest BCUT2D eigenvalue weighted by molar-refractivity contribution is 5.85. The van der Waals surface area contributed by atoms with E-state index in [0.717, 1.165) is 36.1 Å². The van der Waals surface area contributed by atoms with E-state index in [9.17, 15) is 0 Å². The fraction of sp³-hybridized carbons (Fsp3) is 0.667. The smallest absolute Gasteiger partial charge is 0.122 e. The van der Waals surface area contributed by atoms with Gasteiger partial charge in [-0.2, -0.15) is 0 Å². The summed E-state index contributed by atoms with van der Waals surface area (Å²) in [6.45, 7) is 6.44. The highest BCUT2D eigenvalue weighted by Gasteiger charge is 2.19. The summed E-state index contributed by atoms with van der Waals surface area (Å²) >= 11 is 0. The van der Waals surface area contributed by atoms with Gasteiger partial charge in [0.25, 0.3) is 0 Å². The predicted octanol–water partition coefficient (Wildman–Crippen LogP) is 2.25. The average molecular weight is 300 g/mol. The van der Waals surface area contributed by atoms with E-state index in [1.54, 1.807) is 7.11 Å². The Morgan fingerprint density at radius 2 is 2.05 bits per heavy atom. The van der Waals surface area contributed by atoms with Gasteiger partial charge in [-0.3, -0.25) is 9.88 Å². The van der Waals surface area contributed by atoms with Crippen LogP contribution in [-0.4, -0.2) is 43.7 Å². The molecule has 0 amide bonds. The van der Waals surface area contributed by atoms with E-state index in [1.807, 2.05) is 26.1 Å². The lowest BCUT2D eigenvalue weighted by atomic mass is 9.97. The van der Waals surface area contributed by atoms with Crippen molar-refractivity contribution in [2.45, 2.75) is 26.3 Å². The standard InChI is InChI=1S/C15H25N3O.ClH/c1-12-8-15(19-3)9-14(17-12)11-18-6-4-13(5-7-18)10-16-2;/h8-9,13,16H,4-7,10-11H2,1-3H3;1H. The molecule has 5 heteroatoms. The number of rotatable bonds is 5. The third-order valence-electron chi connectivity index (χ3n) is 3.80. The Balaban J connectivity index is 0.00000200. The van der Waals surface area contributed by atoms with E-state index in [2.05, 4.69) is 15.2 Å². The predicted molar refractivity (Wildman–Crippen MR) is 84.7 cm³/mol. The Hall–Kier alpha value is -0.840. The Labute approximate surface area is 128 Å². The van der Waals surface area contributed by atoms with E-state index in [0.29, 0.717) is 0 Å². The molecule has 1 fully saturated rings. The van der Waals surface area contributed by atoms with Gasteiger partial charge in [-0.25, -0.2) is 0 Å². The Morgan fingerprint density at radius 3 is 2.65 bits per heavy atom. The zero-order valence-electron chi connectivity index (χ0n) is 12.7.